The first-order valence-electron chi connectivity index (χ1n) is 5.19. The summed E-state index contributed by atoms with van der Waals surface area (Å²) in [5, 5.41) is 0. The number of methoxy groups -OCH3 is 1. The van der Waals surface area contributed by atoms with Crippen molar-refractivity contribution in [1.29, 1.82) is 0 Å². The molecule has 0 aliphatic heterocycles. The van der Waals surface area contributed by atoms with Crippen molar-refractivity contribution in [3.8, 4) is 11.5 Å². The highest BCUT2D eigenvalue weighted by atomic mass is 16.5. The minimum absolute atomic E-state index is 0.693. The third-order valence-corrected chi connectivity index (χ3v) is 2.28. The van der Waals surface area contributed by atoms with E-state index in [2.05, 4.69) is 13.5 Å². The molecule has 0 saturated heterocycles. The predicted molar refractivity (Wildman–Crippen MR) is 62.5 cm³/mol. The van der Waals surface area contributed by atoms with E-state index in [0.29, 0.717) is 6.61 Å². The summed E-state index contributed by atoms with van der Waals surface area (Å²) in [6, 6.07) is 7.61. The Bertz CT molecular complexity index is 301. The van der Waals surface area contributed by atoms with Crippen LogP contribution in [0.2, 0.25) is 0 Å². The molecule has 0 unspecified atom stereocenters. The monoisotopic (exact) mass is 206 g/mol. The summed E-state index contributed by atoms with van der Waals surface area (Å²) < 4.78 is 10.6. The highest BCUT2D eigenvalue weighted by Gasteiger charge is 1.96. The van der Waals surface area contributed by atoms with Crippen LogP contribution >= 0.6 is 0 Å². The first-order chi connectivity index (χ1) is 7.26. The Morgan fingerprint density at radius 2 is 1.80 bits per heavy atom. The van der Waals surface area contributed by atoms with Crippen LogP contribution in [0.3, 0.4) is 0 Å². The molecule has 0 radical (unpaired) electrons. The first kappa shape index (κ1) is 11.6. The molecule has 1 aromatic rings. The zero-order valence-corrected chi connectivity index (χ0v) is 9.45. The lowest BCUT2D eigenvalue weighted by molar-refractivity contribution is 0.319. The Kier molecular flexibility index (Phi) is 4.75. The van der Waals surface area contributed by atoms with E-state index in [1.807, 2.05) is 24.3 Å². The van der Waals surface area contributed by atoms with Crippen LogP contribution in [0, 0.1) is 0 Å². The lowest BCUT2D eigenvalue weighted by atomic mass is 10.2. The van der Waals surface area contributed by atoms with Gasteiger partial charge in [0, 0.05) is 6.42 Å². The molecule has 0 spiro atoms. The molecule has 0 N–H and O–H groups in total. The van der Waals surface area contributed by atoms with Gasteiger partial charge in [-0.1, -0.05) is 19.1 Å². The van der Waals surface area contributed by atoms with Crippen LogP contribution in [-0.4, -0.2) is 13.7 Å². The molecule has 0 atom stereocenters. The largest absolute Gasteiger partial charge is 0.497 e. The second-order valence-electron chi connectivity index (χ2n) is 3.38. The summed E-state index contributed by atoms with van der Waals surface area (Å²) in [6.07, 6.45) is 1.94. The highest BCUT2D eigenvalue weighted by molar-refractivity contribution is 5.31. The Morgan fingerprint density at radius 1 is 1.20 bits per heavy atom. The maximum Gasteiger partial charge on any atom is 0.119 e. The molecule has 82 valence electrons. The number of benzene rings is 1. The van der Waals surface area contributed by atoms with Crippen LogP contribution in [0.1, 0.15) is 19.8 Å². The Labute approximate surface area is 91.5 Å². The fraction of sp³-hybridized carbons (Fsp3) is 0.385. The molecule has 0 aliphatic carbocycles. The van der Waals surface area contributed by atoms with Crippen molar-refractivity contribution in [3.05, 3.63) is 36.4 Å². The molecule has 15 heavy (non-hydrogen) atoms. The molecule has 1 rings (SSSR count). The summed E-state index contributed by atoms with van der Waals surface area (Å²) in [6.45, 7) is 6.73. The summed E-state index contributed by atoms with van der Waals surface area (Å²) in [7, 11) is 1.65. The molecule has 2 nitrogen and oxygen atoms in total. The molecule has 1 aromatic carbocycles. The van der Waals surface area contributed by atoms with Gasteiger partial charge >= 0.3 is 0 Å². The Hall–Kier alpha value is -1.44. The van der Waals surface area contributed by atoms with E-state index >= 15 is 0 Å². The van der Waals surface area contributed by atoms with Crippen molar-refractivity contribution < 1.29 is 9.47 Å². The summed E-state index contributed by atoms with van der Waals surface area (Å²) in [5.74, 6) is 1.72. The average molecular weight is 206 g/mol. The fourth-order valence-electron chi connectivity index (χ4n) is 1.16. The second-order valence-corrected chi connectivity index (χ2v) is 3.38. The van der Waals surface area contributed by atoms with Gasteiger partial charge in [-0.15, -0.1) is 0 Å². The Balaban J connectivity index is 2.34. The quantitative estimate of drug-likeness (QED) is 0.664. The third kappa shape index (κ3) is 4.07. The molecule has 0 aliphatic rings. The molecule has 2 heteroatoms. The molecule has 0 aromatic heterocycles. The zero-order chi connectivity index (χ0) is 11.1. The number of hydrogen-bond donors (Lipinski definition) is 0. The third-order valence-electron chi connectivity index (χ3n) is 2.28. The van der Waals surface area contributed by atoms with E-state index in [4.69, 9.17) is 9.47 Å². The van der Waals surface area contributed by atoms with E-state index in [9.17, 15) is 0 Å². The van der Waals surface area contributed by atoms with E-state index in [1.54, 1.807) is 7.11 Å². The molecule has 0 saturated carbocycles. The van der Waals surface area contributed by atoms with E-state index in [-0.39, 0.29) is 0 Å². The van der Waals surface area contributed by atoms with Gasteiger partial charge in [0.2, 0.25) is 0 Å². The van der Waals surface area contributed by atoms with Crippen molar-refractivity contribution in [2.24, 2.45) is 0 Å². The maximum atomic E-state index is 5.56. The molecular weight excluding hydrogens is 188 g/mol. The first-order valence-corrected chi connectivity index (χ1v) is 5.19. The van der Waals surface area contributed by atoms with E-state index in [1.165, 1.54) is 5.57 Å². The van der Waals surface area contributed by atoms with Crippen LogP contribution in [-0.2, 0) is 0 Å². The molecular formula is C13H18O2. The van der Waals surface area contributed by atoms with Gasteiger partial charge < -0.3 is 9.47 Å². The SMILES string of the molecule is C=C(CC)CCOc1ccc(OC)cc1. The highest BCUT2D eigenvalue weighted by Crippen LogP contribution is 2.17. The summed E-state index contributed by atoms with van der Waals surface area (Å²) in [5.41, 5.74) is 1.23. The van der Waals surface area contributed by atoms with Crippen molar-refractivity contribution in [2.45, 2.75) is 19.8 Å². The zero-order valence-electron chi connectivity index (χ0n) is 9.45. The van der Waals surface area contributed by atoms with Gasteiger partial charge in [-0.3, -0.25) is 0 Å². The van der Waals surface area contributed by atoms with Gasteiger partial charge in [0.25, 0.3) is 0 Å². The minimum atomic E-state index is 0.693. The second kappa shape index (κ2) is 6.12. The van der Waals surface area contributed by atoms with E-state index < -0.39 is 0 Å². The number of rotatable bonds is 6. The van der Waals surface area contributed by atoms with Crippen molar-refractivity contribution in [1.82, 2.24) is 0 Å². The lowest BCUT2D eigenvalue weighted by Gasteiger charge is -2.07. The molecule has 0 bridgehead atoms. The molecule has 0 fully saturated rings. The fourth-order valence-corrected chi connectivity index (χ4v) is 1.16. The van der Waals surface area contributed by atoms with Crippen LogP contribution in [0.25, 0.3) is 0 Å². The Morgan fingerprint density at radius 3 is 2.33 bits per heavy atom. The standard InChI is InChI=1S/C13H18O2/c1-4-11(2)9-10-15-13-7-5-12(14-3)6-8-13/h5-8H,2,4,9-10H2,1,3H3. The summed E-state index contributed by atoms with van der Waals surface area (Å²) >= 11 is 0. The van der Waals surface area contributed by atoms with Crippen LogP contribution in [0.5, 0.6) is 11.5 Å². The molecule has 0 heterocycles. The maximum absolute atomic E-state index is 5.56. The minimum Gasteiger partial charge on any atom is -0.497 e. The van der Waals surface area contributed by atoms with Crippen LogP contribution in [0.15, 0.2) is 36.4 Å². The van der Waals surface area contributed by atoms with Gasteiger partial charge in [0.15, 0.2) is 0 Å². The lowest BCUT2D eigenvalue weighted by Crippen LogP contribution is -1.98. The van der Waals surface area contributed by atoms with Gasteiger partial charge in [-0.05, 0) is 30.7 Å². The number of ether oxygens (including phenoxy) is 2. The van der Waals surface area contributed by atoms with Crippen molar-refractivity contribution >= 4 is 0 Å². The average Bonchev–Trinajstić information content (AvgIpc) is 2.29. The number of hydrogen-bond acceptors (Lipinski definition) is 2. The topological polar surface area (TPSA) is 18.5 Å². The smallest absolute Gasteiger partial charge is 0.119 e. The van der Waals surface area contributed by atoms with Crippen molar-refractivity contribution in [3.63, 3.8) is 0 Å². The van der Waals surface area contributed by atoms with Gasteiger partial charge in [-0.2, -0.15) is 0 Å². The van der Waals surface area contributed by atoms with Crippen LogP contribution in [0.4, 0.5) is 0 Å². The van der Waals surface area contributed by atoms with Gasteiger partial charge in [-0.25, -0.2) is 0 Å². The van der Waals surface area contributed by atoms with Gasteiger partial charge in [0.1, 0.15) is 11.5 Å². The van der Waals surface area contributed by atoms with Crippen molar-refractivity contribution in [2.75, 3.05) is 13.7 Å². The van der Waals surface area contributed by atoms with Gasteiger partial charge in [0.05, 0.1) is 13.7 Å². The normalized spacial score (nSPS) is 9.73. The summed E-state index contributed by atoms with van der Waals surface area (Å²) in [4.78, 5) is 0. The van der Waals surface area contributed by atoms with E-state index in [0.717, 1.165) is 24.3 Å². The predicted octanol–water partition coefficient (Wildman–Crippen LogP) is 3.43. The molecule has 0 amide bonds. The van der Waals surface area contributed by atoms with Crippen LogP contribution < -0.4 is 9.47 Å².